The summed E-state index contributed by atoms with van der Waals surface area (Å²) in [4.78, 5) is 0. The third kappa shape index (κ3) is 3.27. The molecule has 1 aromatic carbocycles. The van der Waals surface area contributed by atoms with Gasteiger partial charge in [-0.25, -0.2) is 0 Å². The molecule has 0 saturated heterocycles. The number of rotatable bonds is 3. The van der Waals surface area contributed by atoms with Crippen molar-refractivity contribution in [1.29, 1.82) is 0 Å². The molecule has 0 radical (unpaired) electrons. The molecule has 1 atom stereocenters. The van der Waals surface area contributed by atoms with Crippen LogP contribution < -0.4 is 5.32 Å². The van der Waals surface area contributed by atoms with E-state index in [9.17, 15) is 0 Å². The standard InChI is InChI=1S/C16H24ClN/c1-12-7-8-13(10-14(12)17)11-18-15-6-4-5-9-16(15,2)3/h7-8,10,15,18H,4-6,9,11H2,1-3H3. The number of benzene rings is 1. The molecule has 0 aliphatic heterocycles. The third-order valence-corrected chi connectivity index (χ3v) is 4.70. The fourth-order valence-electron chi connectivity index (χ4n) is 2.86. The van der Waals surface area contributed by atoms with Crippen molar-refractivity contribution in [1.82, 2.24) is 5.32 Å². The molecule has 1 nitrogen and oxygen atoms in total. The van der Waals surface area contributed by atoms with Crippen molar-refractivity contribution in [2.24, 2.45) is 5.41 Å². The minimum absolute atomic E-state index is 0.423. The van der Waals surface area contributed by atoms with E-state index in [1.807, 2.05) is 6.92 Å². The predicted molar refractivity (Wildman–Crippen MR) is 79.1 cm³/mol. The van der Waals surface area contributed by atoms with Gasteiger partial charge in [0, 0.05) is 17.6 Å². The van der Waals surface area contributed by atoms with Crippen molar-refractivity contribution in [2.75, 3.05) is 0 Å². The summed E-state index contributed by atoms with van der Waals surface area (Å²) >= 11 is 6.16. The molecular formula is C16H24ClN. The number of hydrogen-bond acceptors (Lipinski definition) is 1. The minimum Gasteiger partial charge on any atom is -0.309 e. The van der Waals surface area contributed by atoms with Crippen LogP contribution in [0.4, 0.5) is 0 Å². The van der Waals surface area contributed by atoms with Gasteiger partial charge in [-0.15, -0.1) is 0 Å². The average molecular weight is 266 g/mol. The van der Waals surface area contributed by atoms with Crippen molar-refractivity contribution in [3.05, 3.63) is 34.3 Å². The molecule has 0 amide bonds. The van der Waals surface area contributed by atoms with E-state index in [4.69, 9.17) is 11.6 Å². The van der Waals surface area contributed by atoms with Crippen LogP contribution in [-0.2, 0) is 6.54 Å². The average Bonchev–Trinajstić information content (AvgIpc) is 2.31. The molecule has 1 aromatic rings. The summed E-state index contributed by atoms with van der Waals surface area (Å²) in [6.45, 7) is 7.73. The Balaban J connectivity index is 1.96. The lowest BCUT2D eigenvalue weighted by molar-refractivity contribution is 0.167. The predicted octanol–water partition coefficient (Wildman–Crippen LogP) is 4.71. The first kappa shape index (κ1) is 13.9. The molecular weight excluding hydrogens is 242 g/mol. The largest absolute Gasteiger partial charge is 0.309 e. The molecule has 18 heavy (non-hydrogen) atoms. The Morgan fingerprint density at radius 3 is 2.78 bits per heavy atom. The molecule has 0 heterocycles. The maximum absolute atomic E-state index is 6.16. The van der Waals surface area contributed by atoms with Gasteiger partial charge in [-0.05, 0) is 42.4 Å². The van der Waals surface area contributed by atoms with Crippen molar-refractivity contribution >= 4 is 11.6 Å². The molecule has 2 heteroatoms. The van der Waals surface area contributed by atoms with Crippen LogP contribution in [0.3, 0.4) is 0 Å². The Labute approximate surface area is 116 Å². The number of nitrogens with one attached hydrogen (secondary N) is 1. The first-order valence-corrected chi connectivity index (χ1v) is 7.35. The highest BCUT2D eigenvalue weighted by molar-refractivity contribution is 6.31. The van der Waals surface area contributed by atoms with Crippen molar-refractivity contribution < 1.29 is 0 Å². The second-order valence-corrected chi connectivity index (χ2v) is 6.66. The van der Waals surface area contributed by atoms with E-state index in [0.717, 1.165) is 17.1 Å². The normalized spacial score (nSPS) is 23.0. The Bertz CT molecular complexity index is 412. The smallest absolute Gasteiger partial charge is 0.0438 e. The molecule has 0 aromatic heterocycles. The Morgan fingerprint density at radius 2 is 2.11 bits per heavy atom. The summed E-state index contributed by atoms with van der Waals surface area (Å²) in [5, 5.41) is 4.59. The Hall–Kier alpha value is -0.530. The van der Waals surface area contributed by atoms with Crippen LogP contribution in [0.2, 0.25) is 5.02 Å². The maximum Gasteiger partial charge on any atom is 0.0438 e. The van der Waals surface area contributed by atoms with E-state index >= 15 is 0 Å². The number of hydrogen-bond donors (Lipinski definition) is 1. The second-order valence-electron chi connectivity index (χ2n) is 6.25. The highest BCUT2D eigenvalue weighted by Gasteiger charge is 2.31. The lowest BCUT2D eigenvalue weighted by Crippen LogP contribution is -2.43. The zero-order valence-corrected chi connectivity index (χ0v) is 12.5. The van der Waals surface area contributed by atoms with Gasteiger partial charge in [-0.1, -0.05) is 50.4 Å². The highest BCUT2D eigenvalue weighted by atomic mass is 35.5. The molecule has 1 unspecified atom stereocenters. The number of aryl methyl sites for hydroxylation is 1. The zero-order valence-electron chi connectivity index (χ0n) is 11.7. The van der Waals surface area contributed by atoms with E-state index in [0.29, 0.717) is 11.5 Å². The van der Waals surface area contributed by atoms with Crippen molar-refractivity contribution in [3.8, 4) is 0 Å². The molecule has 1 saturated carbocycles. The minimum atomic E-state index is 0.423. The van der Waals surface area contributed by atoms with Gasteiger partial charge in [-0.3, -0.25) is 0 Å². The molecule has 1 N–H and O–H groups in total. The molecule has 1 aliphatic carbocycles. The van der Waals surface area contributed by atoms with Gasteiger partial charge in [0.25, 0.3) is 0 Å². The molecule has 100 valence electrons. The van der Waals surface area contributed by atoms with Gasteiger partial charge in [0.15, 0.2) is 0 Å². The van der Waals surface area contributed by atoms with Crippen LogP contribution >= 0.6 is 11.6 Å². The second kappa shape index (κ2) is 5.63. The van der Waals surface area contributed by atoms with E-state index in [2.05, 4.69) is 37.4 Å². The van der Waals surface area contributed by atoms with Crippen molar-refractivity contribution in [2.45, 2.75) is 59.0 Å². The Kier molecular flexibility index (Phi) is 4.34. The molecule has 0 bridgehead atoms. The molecule has 1 fully saturated rings. The maximum atomic E-state index is 6.16. The quantitative estimate of drug-likeness (QED) is 0.835. The summed E-state index contributed by atoms with van der Waals surface area (Å²) < 4.78 is 0. The summed E-state index contributed by atoms with van der Waals surface area (Å²) in [5.74, 6) is 0. The zero-order chi connectivity index (χ0) is 13.2. The van der Waals surface area contributed by atoms with Gasteiger partial charge >= 0.3 is 0 Å². The lowest BCUT2D eigenvalue weighted by Gasteiger charge is -2.39. The van der Waals surface area contributed by atoms with Gasteiger partial charge in [0.05, 0.1) is 0 Å². The van der Waals surface area contributed by atoms with Crippen LogP contribution in [0.25, 0.3) is 0 Å². The van der Waals surface area contributed by atoms with Gasteiger partial charge in [-0.2, -0.15) is 0 Å². The summed E-state index contributed by atoms with van der Waals surface area (Å²) in [5.41, 5.74) is 2.86. The fraction of sp³-hybridized carbons (Fsp3) is 0.625. The summed E-state index contributed by atoms with van der Waals surface area (Å²) in [6, 6.07) is 6.99. The van der Waals surface area contributed by atoms with E-state index in [1.165, 1.54) is 31.2 Å². The molecule has 0 spiro atoms. The number of halogens is 1. The van der Waals surface area contributed by atoms with Crippen LogP contribution in [-0.4, -0.2) is 6.04 Å². The lowest BCUT2D eigenvalue weighted by atomic mass is 9.73. The molecule has 2 rings (SSSR count). The topological polar surface area (TPSA) is 12.0 Å². The van der Waals surface area contributed by atoms with Gasteiger partial charge in [0.2, 0.25) is 0 Å². The molecule has 1 aliphatic rings. The Morgan fingerprint density at radius 1 is 1.33 bits per heavy atom. The van der Waals surface area contributed by atoms with E-state index in [-0.39, 0.29) is 0 Å². The van der Waals surface area contributed by atoms with E-state index < -0.39 is 0 Å². The summed E-state index contributed by atoms with van der Waals surface area (Å²) in [7, 11) is 0. The van der Waals surface area contributed by atoms with Crippen LogP contribution in [0, 0.1) is 12.3 Å². The highest BCUT2D eigenvalue weighted by Crippen LogP contribution is 2.35. The summed E-state index contributed by atoms with van der Waals surface area (Å²) in [6.07, 6.45) is 5.36. The van der Waals surface area contributed by atoms with Crippen LogP contribution in [0.1, 0.15) is 50.7 Å². The van der Waals surface area contributed by atoms with Crippen LogP contribution in [0.15, 0.2) is 18.2 Å². The first-order chi connectivity index (χ1) is 8.49. The van der Waals surface area contributed by atoms with Crippen molar-refractivity contribution in [3.63, 3.8) is 0 Å². The van der Waals surface area contributed by atoms with Gasteiger partial charge in [0.1, 0.15) is 0 Å². The van der Waals surface area contributed by atoms with Gasteiger partial charge < -0.3 is 5.32 Å². The van der Waals surface area contributed by atoms with Crippen LogP contribution in [0.5, 0.6) is 0 Å². The first-order valence-electron chi connectivity index (χ1n) is 6.97. The van der Waals surface area contributed by atoms with E-state index in [1.54, 1.807) is 0 Å². The fourth-order valence-corrected chi connectivity index (χ4v) is 3.06. The monoisotopic (exact) mass is 265 g/mol. The SMILES string of the molecule is Cc1ccc(CNC2CCCCC2(C)C)cc1Cl. The third-order valence-electron chi connectivity index (χ3n) is 4.30.